The fourth-order valence-electron chi connectivity index (χ4n) is 1.62. The van der Waals surface area contributed by atoms with E-state index in [4.69, 9.17) is 0 Å². The molecule has 0 fully saturated rings. The summed E-state index contributed by atoms with van der Waals surface area (Å²) in [5.41, 5.74) is 0. The molecule has 1 aromatic heterocycles. The maximum atomic E-state index is 4.33. The summed E-state index contributed by atoms with van der Waals surface area (Å²) < 4.78 is 0.828. The first-order valence-electron chi connectivity index (χ1n) is 5.25. The molecule has 0 aromatic carbocycles. The molecule has 0 saturated carbocycles. The van der Waals surface area contributed by atoms with Crippen LogP contribution in [0.1, 0.15) is 33.0 Å². The normalized spacial score (nSPS) is 12.9. The van der Waals surface area contributed by atoms with E-state index in [1.165, 1.54) is 0 Å². The van der Waals surface area contributed by atoms with Crippen LogP contribution >= 0.6 is 15.9 Å². The quantitative estimate of drug-likeness (QED) is 0.854. The highest BCUT2D eigenvalue weighted by molar-refractivity contribution is 9.10. The Kier molecular flexibility index (Phi) is 4.51. The molecule has 3 nitrogen and oxygen atoms in total. The third kappa shape index (κ3) is 4.60. The molecule has 0 amide bonds. The van der Waals surface area contributed by atoms with Gasteiger partial charge in [-0.1, -0.05) is 13.8 Å². The van der Waals surface area contributed by atoms with Crippen LogP contribution in [-0.4, -0.2) is 16.0 Å². The fourth-order valence-corrected chi connectivity index (χ4v) is 2.10. The maximum Gasteiger partial charge on any atom is 0.131 e. The molecule has 0 saturated heterocycles. The van der Waals surface area contributed by atoms with Gasteiger partial charge in [-0.05, 0) is 42.1 Å². The lowest BCUT2D eigenvalue weighted by Gasteiger charge is -2.16. The lowest BCUT2D eigenvalue weighted by atomic mass is 10.1. The minimum absolute atomic E-state index is 0.436. The molecule has 0 radical (unpaired) electrons. The van der Waals surface area contributed by atoms with Crippen LogP contribution in [0.4, 0.5) is 5.82 Å². The van der Waals surface area contributed by atoms with E-state index in [9.17, 15) is 0 Å². The molecule has 1 atom stereocenters. The number of halogens is 1. The molecule has 0 aliphatic rings. The zero-order chi connectivity index (χ0) is 11.4. The second-order valence-corrected chi connectivity index (χ2v) is 5.11. The first kappa shape index (κ1) is 12.4. The largest absolute Gasteiger partial charge is 0.367 e. The van der Waals surface area contributed by atoms with Gasteiger partial charge in [-0.3, -0.25) is 0 Å². The van der Waals surface area contributed by atoms with Gasteiger partial charge >= 0.3 is 0 Å². The zero-order valence-corrected chi connectivity index (χ0v) is 11.3. The number of hydrogen-bond donors (Lipinski definition) is 1. The predicted octanol–water partition coefficient (Wildman–Crippen LogP) is 3.39. The fraction of sp³-hybridized carbons (Fsp3) is 0.636. The minimum Gasteiger partial charge on any atom is -0.367 e. The van der Waals surface area contributed by atoms with Crippen molar-refractivity contribution in [3.8, 4) is 0 Å². The first-order valence-corrected chi connectivity index (χ1v) is 6.04. The molecule has 0 aliphatic heterocycles. The Hall–Kier alpha value is -0.640. The van der Waals surface area contributed by atoms with Crippen molar-refractivity contribution in [3.63, 3.8) is 0 Å². The van der Waals surface area contributed by atoms with Crippen molar-refractivity contribution in [1.82, 2.24) is 9.97 Å². The second kappa shape index (κ2) is 5.45. The van der Waals surface area contributed by atoms with Crippen LogP contribution in [0.25, 0.3) is 0 Å². The molecular formula is C11H18BrN3. The lowest BCUT2D eigenvalue weighted by molar-refractivity contribution is 0.538. The molecule has 1 heterocycles. The third-order valence-electron chi connectivity index (χ3n) is 2.03. The average molecular weight is 272 g/mol. The number of nitrogens with zero attached hydrogens (tertiary/aromatic N) is 2. The van der Waals surface area contributed by atoms with Gasteiger partial charge in [-0.25, -0.2) is 9.97 Å². The molecular weight excluding hydrogens is 254 g/mol. The predicted molar refractivity (Wildman–Crippen MR) is 67.0 cm³/mol. The van der Waals surface area contributed by atoms with E-state index >= 15 is 0 Å². The Balaban J connectivity index is 2.63. The summed E-state index contributed by atoms with van der Waals surface area (Å²) in [5, 5.41) is 3.37. The van der Waals surface area contributed by atoms with Crippen LogP contribution in [0.15, 0.2) is 10.7 Å². The van der Waals surface area contributed by atoms with Crippen molar-refractivity contribution in [2.45, 2.75) is 40.2 Å². The van der Waals surface area contributed by atoms with Gasteiger partial charge in [-0.15, -0.1) is 0 Å². The minimum atomic E-state index is 0.436. The van der Waals surface area contributed by atoms with Gasteiger partial charge < -0.3 is 5.32 Å². The van der Waals surface area contributed by atoms with E-state index < -0.39 is 0 Å². The molecule has 1 N–H and O–H groups in total. The van der Waals surface area contributed by atoms with Gasteiger partial charge in [0.25, 0.3) is 0 Å². The summed E-state index contributed by atoms with van der Waals surface area (Å²) in [5.74, 6) is 2.37. The van der Waals surface area contributed by atoms with E-state index in [2.05, 4.69) is 52.0 Å². The number of nitrogens with one attached hydrogen (secondary N) is 1. The van der Waals surface area contributed by atoms with Crippen molar-refractivity contribution < 1.29 is 0 Å². The van der Waals surface area contributed by atoms with Crippen molar-refractivity contribution in [1.29, 1.82) is 0 Å². The topological polar surface area (TPSA) is 37.8 Å². The molecule has 0 spiro atoms. The summed E-state index contributed by atoms with van der Waals surface area (Å²) in [4.78, 5) is 8.50. The van der Waals surface area contributed by atoms with E-state index in [-0.39, 0.29) is 0 Å². The van der Waals surface area contributed by atoms with Gasteiger partial charge in [0, 0.05) is 12.1 Å². The molecule has 1 unspecified atom stereocenters. The van der Waals surface area contributed by atoms with Gasteiger partial charge in [-0.2, -0.15) is 0 Å². The molecule has 15 heavy (non-hydrogen) atoms. The Morgan fingerprint density at radius 3 is 2.53 bits per heavy atom. The second-order valence-electron chi connectivity index (χ2n) is 4.30. The molecule has 4 heteroatoms. The van der Waals surface area contributed by atoms with E-state index in [1.54, 1.807) is 0 Å². The van der Waals surface area contributed by atoms with E-state index in [0.717, 1.165) is 22.7 Å². The van der Waals surface area contributed by atoms with Crippen LogP contribution in [0.5, 0.6) is 0 Å². The van der Waals surface area contributed by atoms with Gasteiger partial charge in [0.05, 0.1) is 0 Å². The summed E-state index contributed by atoms with van der Waals surface area (Å²) in [6.07, 6.45) is 1.14. The van der Waals surface area contributed by atoms with E-state index in [1.807, 2.05) is 13.0 Å². The van der Waals surface area contributed by atoms with Crippen molar-refractivity contribution in [2.75, 3.05) is 5.32 Å². The summed E-state index contributed by atoms with van der Waals surface area (Å²) in [6.45, 7) is 8.51. The number of aryl methyl sites for hydroxylation is 1. The van der Waals surface area contributed by atoms with E-state index in [0.29, 0.717) is 12.0 Å². The highest BCUT2D eigenvalue weighted by Crippen LogP contribution is 2.15. The first-order chi connectivity index (χ1) is 6.97. The van der Waals surface area contributed by atoms with Crippen LogP contribution in [0.3, 0.4) is 0 Å². The highest BCUT2D eigenvalue weighted by atomic mass is 79.9. The highest BCUT2D eigenvalue weighted by Gasteiger charge is 2.06. The zero-order valence-electron chi connectivity index (χ0n) is 9.71. The molecule has 0 aliphatic carbocycles. The Labute approximate surface area is 99.8 Å². The summed E-state index contributed by atoms with van der Waals surface area (Å²) in [6, 6.07) is 2.34. The molecule has 84 valence electrons. The van der Waals surface area contributed by atoms with Gasteiger partial charge in [0.2, 0.25) is 0 Å². The number of rotatable bonds is 4. The number of anilines is 1. The molecule has 1 rings (SSSR count). The standard InChI is InChI=1S/C11H18BrN3/c1-7(2)5-8(3)13-11-6-10(12)14-9(4)15-11/h6-8H,5H2,1-4H3,(H,13,14,15). The smallest absolute Gasteiger partial charge is 0.131 e. The van der Waals surface area contributed by atoms with Gasteiger partial charge in [0.15, 0.2) is 0 Å². The van der Waals surface area contributed by atoms with Crippen LogP contribution < -0.4 is 5.32 Å². The van der Waals surface area contributed by atoms with Crippen molar-refractivity contribution in [2.24, 2.45) is 5.92 Å². The maximum absolute atomic E-state index is 4.33. The lowest BCUT2D eigenvalue weighted by Crippen LogP contribution is -2.18. The van der Waals surface area contributed by atoms with Crippen molar-refractivity contribution in [3.05, 3.63) is 16.5 Å². The average Bonchev–Trinajstić information content (AvgIpc) is 1.98. The Morgan fingerprint density at radius 2 is 2.00 bits per heavy atom. The summed E-state index contributed by atoms with van der Waals surface area (Å²) in [7, 11) is 0. The molecule has 1 aromatic rings. The molecule has 0 bridgehead atoms. The third-order valence-corrected chi connectivity index (χ3v) is 2.43. The van der Waals surface area contributed by atoms with Gasteiger partial charge in [0.1, 0.15) is 16.2 Å². The van der Waals surface area contributed by atoms with Crippen molar-refractivity contribution >= 4 is 21.7 Å². The summed E-state index contributed by atoms with van der Waals surface area (Å²) >= 11 is 3.36. The van der Waals surface area contributed by atoms with Crippen LogP contribution in [0.2, 0.25) is 0 Å². The Bertz CT molecular complexity index is 305. The SMILES string of the molecule is Cc1nc(Br)cc(NC(C)CC(C)C)n1. The number of hydrogen-bond acceptors (Lipinski definition) is 3. The number of aromatic nitrogens is 2. The van der Waals surface area contributed by atoms with Crippen LogP contribution in [-0.2, 0) is 0 Å². The van der Waals surface area contributed by atoms with Crippen LogP contribution in [0, 0.1) is 12.8 Å². The monoisotopic (exact) mass is 271 g/mol. The Morgan fingerprint density at radius 1 is 1.33 bits per heavy atom.